The first-order chi connectivity index (χ1) is 10.0. The average molecular weight is 286 g/mol. The normalized spacial score (nSPS) is 16.0. The van der Waals surface area contributed by atoms with Gasteiger partial charge in [0, 0.05) is 0 Å². The summed E-state index contributed by atoms with van der Waals surface area (Å²) in [4.78, 5) is 12.3. The predicted octanol–water partition coefficient (Wildman–Crippen LogP) is 2.65. The van der Waals surface area contributed by atoms with Gasteiger partial charge in [0.05, 0.1) is 24.7 Å². The Labute approximate surface area is 126 Å². The Balaban J connectivity index is 1.80. The molecule has 0 saturated heterocycles. The van der Waals surface area contributed by atoms with Gasteiger partial charge in [-0.3, -0.25) is 4.79 Å². The van der Waals surface area contributed by atoms with Gasteiger partial charge in [0.25, 0.3) is 0 Å². The maximum Gasteiger partial charge on any atom is 0.229 e. The molecule has 1 aliphatic carbocycles. The van der Waals surface area contributed by atoms with E-state index >= 15 is 0 Å². The van der Waals surface area contributed by atoms with E-state index in [0.717, 1.165) is 18.4 Å². The van der Waals surface area contributed by atoms with Gasteiger partial charge in [0.15, 0.2) is 0 Å². The molecule has 112 valence electrons. The fraction of sp³-hybridized carbons (Fsp3) is 0.529. The number of hydrogen-bond acceptors (Lipinski definition) is 3. The van der Waals surface area contributed by atoms with Gasteiger partial charge >= 0.3 is 0 Å². The monoisotopic (exact) mass is 286 g/mol. The molecule has 0 heterocycles. The van der Waals surface area contributed by atoms with Crippen molar-refractivity contribution in [1.82, 2.24) is 5.32 Å². The van der Waals surface area contributed by atoms with Crippen molar-refractivity contribution in [2.45, 2.75) is 39.3 Å². The second-order valence-electron chi connectivity index (χ2n) is 6.28. The van der Waals surface area contributed by atoms with Gasteiger partial charge in [-0.15, -0.1) is 0 Å². The van der Waals surface area contributed by atoms with Crippen LogP contribution in [-0.2, 0) is 16.1 Å². The Bertz CT molecular complexity index is 515. The molecule has 0 radical (unpaired) electrons. The number of nitrogens with one attached hydrogen (secondary N) is 1. The third-order valence-corrected chi connectivity index (χ3v) is 3.71. The van der Waals surface area contributed by atoms with E-state index in [4.69, 9.17) is 10.00 Å². The molecule has 1 unspecified atom stereocenters. The van der Waals surface area contributed by atoms with Crippen molar-refractivity contribution in [3.8, 4) is 6.07 Å². The molecule has 4 nitrogen and oxygen atoms in total. The quantitative estimate of drug-likeness (QED) is 0.838. The van der Waals surface area contributed by atoms with Crippen LogP contribution in [0, 0.1) is 22.7 Å². The van der Waals surface area contributed by atoms with E-state index in [-0.39, 0.29) is 11.9 Å². The number of amides is 1. The van der Waals surface area contributed by atoms with E-state index in [1.54, 1.807) is 0 Å². The molecule has 0 bridgehead atoms. The fourth-order valence-corrected chi connectivity index (χ4v) is 2.09. The number of benzene rings is 1. The minimum Gasteiger partial charge on any atom is -0.376 e. The van der Waals surface area contributed by atoms with Crippen molar-refractivity contribution in [2.24, 2.45) is 11.3 Å². The summed E-state index contributed by atoms with van der Waals surface area (Å²) in [6.07, 6.45) is 2.06. The van der Waals surface area contributed by atoms with Crippen LogP contribution in [0.15, 0.2) is 30.3 Å². The van der Waals surface area contributed by atoms with E-state index in [1.807, 2.05) is 44.2 Å². The Morgan fingerprint density at radius 3 is 2.67 bits per heavy atom. The van der Waals surface area contributed by atoms with E-state index in [1.165, 1.54) is 0 Å². The smallest absolute Gasteiger partial charge is 0.229 e. The molecule has 0 aliphatic heterocycles. The highest BCUT2D eigenvalue weighted by molar-refractivity contribution is 5.82. The Morgan fingerprint density at radius 1 is 1.43 bits per heavy atom. The summed E-state index contributed by atoms with van der Waals surface area (Å²) in [7, 11) is 0. The summed E-state index contributed by atoms with van der Waals surface area (Å²) in [6.45, 7) is 4.50. The average Bonchev–Trinajstić information content (AvgIpc) is 3.30. The summed E-state index contributed by atoms with van der Waals surface area (Å²) in [5.41, 5.74) is 0.445. The minimum absolute atomic E-state index is 0.117. The molecule has 1 aromatic carbocycles. The maximum absolute atomic E-state index is 12.3. The van der Waals surface area contributed by atoms with Crippen LogP contribution < -0.4 is 5.32 Å². The summed E-state index contributed by atoms with van der Waals surface area (Å²) >= 11 is 0. The highest BCUT2D eigenvalue weighted by Gasteiger charge is 2.36. The lowest BCUT2D eigenvalue weighted by Gasteiger charge is -2.25. The summed E-state index contributed by atoms with van der Waals surface area (Å²) in [5.74, 6) is 0.217. The van der Waals surface area contributed by atoms with Crippen LogP contribution in [0.5, 0.6) is 0 Å². The van der Waals surface area contributed by atoms with Crippen LogP contribution in [0.4, 0.5) is 0 Å². The molecular formula is C17H22N2O2. The molecule has 0 aromatic heterocycles. The van der Waals surface area contributed by atoms with Crippen LogP contribution in [0.25, 0.3) is 0 Å². The van der Waals surface area contributed by atoms with E-state index < -0.39 is 5.41 Å². The zero-order valence-corrected chi connectivity index (χ0v) is 12.6. The highest BCUT2D eigenvalue weighted by Crippen LogP contribution is 2.32. The molecule has 2 rings (SSSR count). The topological polar surface area (TPSA) is 62.1 Å². The predicted molar refractivity (Wildman–Crippen MR) is 80.1 cm³/mol. The van der Waals surface area contributed by atoms with E-state index in [2.05, 4.69) is 11.4 Å². The van der Waals surface area contributed by atoms with Gasteiger partial charge in [0.1, 0.15) is 6.04 Å². The molecule has 1 amide bonds. The summed E-state index contributed by atoms with van der Waals surface area (Å²) in [5, 5.41) is 11.9. The Hall–Kier alpha value is -1.86. The van der Waals surface area contributed by atoms with Crippen LogP contribution in [0.3, 0.4) is 0 Å². The SMILES string of the molecule is CC(C)(COCc1ccccc1)C(=O)NC(C#N)C1CC1. The fourth-order valence-electron chi connectivity index (χ4n) is 2.09. The van der Waals surface area contributed by atoms with Crippen LogP contribution in [-0.4, -0.2) is 18.6 Å². The third kappa shape index (κ3) is 4.57. The lowest BCUT2D eigenvalue weighted by Crippen LogP contribution is -2.45. The molecule has 21 heavy (non-hydrogen) atoms. The first kappa shape index (κ1) is 15.5. The molecule has 4 heteroatoms. The Morgan fingerprint density at radius 2 is 2.10 bits per heavy atom. The second-order valence-corrected chi connectivity index (χ2v) is 6.28. The van der Waals surface area contributed by atoms with Crippen molar-refractivity contribution < 1.29 is 9.53 Å². The number of carbonyl (C=O) groups excluding carboxylic acids is 1. The summed E-state index contributed by atoms with van der Waals surface area (Å²) in [6, 6.07) is 11.7. The number of ether oxygens (including phenoxy) is 1. The maximum atomic E-state index is 12.3. The van der Waals surface area contributed by atoms with E-state index in [9.17, 15) is 4.79 Å². The largest absolute Gasteiger partial charge is 0.376 e. The zero-order valence-electron chi connectivity index (χ0n) is 12.6. The van der Waals surface area contributed by atoms with Crippen LogP contribution in [0.1, 0.15) is 32.3 Å². The van der Waals surface area contributed by atoms with Gasteiger partial charge in [-0.25, -0.2) is 0 Å². The Kier molecular flexibility index (Phi) is 4.98. The van der Waals surface area contributed by atoms with Crippen molar-refractivity contribution in [2.75, 3.05) is 6.61 Å². The number of carbonyl (C=O) groups is 1. The molecule has 1 fully saturated rings. The lowest BCUT2D eigenvalue weighted by molar-refractivity contribution is -0.133. The molecular weight excluding hydrogens is 264 g/mol. The molecule has 1 N–H and O–H groups in total. The van der Waals surface area contributed by atoms with Crippen molar-refractivity contribution >= 4 is 5.91 Å². The molecule has 1 saturated carbocycles. The third-order valence-electron chi connectivity index (χ3n) is 3.71. The van der Waals surface area contributed by atoms with Gasteiger partial charge in [-0.2, -0.15) is 5.26 Å². The molecule has 1 aliphatic rings. The van der Waals surface area contributed by atoms with Crippen molar-refractivity contribution in [3.63, 3.8) is 0 Å². The van der Waals surface area contributed by atoms with Gasteiger partial charge in [-0.05, 0) is 38.2 Å². The van der Waals surface area contributed by atoms with Crippen molar-refractivity contribution in [3.05, 3.63) is 35.9 Å². The summed E-state index contributed by atoms with van der Waals surface area (Å²) < 4.78 is 5.65. The van der Waals surface area contributed by atoms with Crippen LogP contribution in [0.2, 0.25) is 0 Å². The standard InChI is InChI=1S/C17H22N2O2/c1-17(2,12-21-11-13-6-4-3-5-7-13)16(20)19-15(10-18)14-8-9-14/h3-7,14-15H,8-9,11-12H2,1-2H3,(H,19,20). The number of rotatable bonds is 7. The zero-order chi connectivity index (χ0) is 15.3. The van der Waals surface area contributed by atoms with Gasteiger partial charge in [-0.1, -0.05) is 30.3 Å². The highest BCUT2D eigenvalue weighted by atomic mass is 16.5. The lowest BCUT2D eigenvalue weighted by atomic mass is 9.93. The minimum atomic E-state index is -0.640. The molecule has 1 atom stereocenters. The number of nitrogens with zero attached hydrogens (tertiary/aromatic N) is 1. The second kappa shape index (κ2) is 6.73. The molecule has 1 aromatic rings. The number of nitriles is 1. The van der Waals surface area contributed by atoms with Crippen LogP contribution >= 0.6 is 0 Å². The first-order valence-corrected chi connectivity index (χ1v) is 7.35. The van der Waals surface area contributed by atoms with E-state index in [0.29, 0.717) is 19.1 Å². The molecule has 0 spiro atoms. The first-order valence-electron chi connectivity index (χ1n) is 7.35. The van der Waals surface area contributed by atoms with Gasteiger partial charge < -0.3 is 10.1 Å². The number of hydrogen-bond donors (Lipinski definition) is 1. The van der Waals surface area contributed by atoms with Gasteiger partial charge in [0.2, 0.25) is 5.91 Å². The van der Waals surface area contributed by atoms with Crippen molar-refractivity contribution in [1.29, 1.82) is 5.26 Å².